The van der Waals surface area contributed by atoms with Gasteiger partial charge in [0.2, 0.25) is 0 Å². The van der Waals surface area contributed by atoms with Crippen molar-refractivity contribution in [3.05, 3.63) is 11.4 Å². The molecule has 1 heterocycles. The third-order valence-electron chi connectivity index (χ3n) is 3.06. The lowest BCUT2D eigenvalue weighted by atomic mass is 10.1. The van der Waals surface area contributed by atoms with Gasteiger partial charge in [0.05, 0.1) is 6.10 Å². The lowest BCUT2D eigenvalue weighted by molar-refractivity contribution is 0.131. The standard InChI is InChI=1S/C10H17N3O2/c1-7-9(13-15-12-7)6-11-5-8-3-2-4-10(8)14/h8,10-11,14H,2-6H2,1H3. The maximum atomic E-state index is 9.61. The molecule has 0 aromatic carbocycles. The first-order chi connectivity index (χ1) is 7.27. The smallest absolute Gasteiger partial charge is 0.121 e. The summed E-state index contributed by atoms with van der Waals surface area (Å²) < 4.78 is 4.60. The van der Waals surface area contributed by atoms with Crippen molar-refractivity contribution < 1.29 is 9.74 Å². The Bertz CT molecular complexity index is 313. The number of rotatable bonds is 4. The molecular formula is C10H17N3O2. The van der Waals surface area contributed by atoms with Crippen LogP contribution in [0.2, 0.25) is 0 Å². The molecule has 1 aromatic rings. The second-order valence-corrected chi connectivity index (χ2v) is 4.19. The van der Waals surface area contributed by atoms with Crippen LogP contribution in [0.15, 0.2) is 4.63 Å². The molecule has 1 fully saturated rings. The van der Waals surface area contributed by atoms with Gasteiger partial charge in [-0.15, -0.1) is 0 Å². The van der Waals surface area contributed by atoms with Crippen molar-refractivity contribution in [2.24, 2.45) is 5.92 Å². The first-order valence-corrected chi connectivity index (χ1v) is 5.44. The van der Waals surface area contributed by atoms with Gasteiger partial charge in [0, 0.05) is 13.1 Å². The van der Waals surface area contributed by atoms with E-state index >= 15 is 0 Å². The predicted molar refractivity (Wildman–Crippen MR) is 54.1 cm³/mol. The van der Waals surface area contributed by atoms with Gasteiger partial charge >= 0.3 is 0 Å². The average molecular weight is 211 g/mol. The number of aromatic nitrogens is 2. The number of aliphatic hydroxyl groups is 1. The summed E-state index contributed by atoms with van der Waals surface area (Å²) in [5.41, 5.74) is 1.68. The van der Waals surface area contributed by atoms with Crippen LogP contribution >= 0.6 is 0 Å². The summed E-state index contributed by atoms with van der Waals surface area (Å²) in [6.45, 7) is 3.38. The molecular weight excluding hydrogens is 194 g/mol. The van der Waals surface area contributed by atoms with E-state index in [1.54, 1.807) is 0 Å². The summed E-state index contributed by atoms with van der Waals surface area (Å²) in [5.74, 6) is 0.394. The van der Waals surface area contributed by atoms with Gasteiger partial charge in [0.15, 0.2) is 0 Å². The van der Waals surface area contributed by atoms with Crippen LogP contribution in [0.4, 0.5) is 0 Å². The summed E-state index contributed by atoms with van der Waals surface area (Å²) in [5, 5.41) is 20.4. The molecule has 1 saturated carbocycles. The number of nitrogens with one attached hydrogen (secondary N) is 1. The number of hydrogen-bond donors (Lipinski definition) is 2. The Hall–Kier alpha value is -0.940. The van der Waals surface area contributed by atoms with Crippen molar-refractivity contribution in [3.8, 4) is 0 Å². The van der Waals surface area contributed by atoms with Crippen molar-refractivity contribution in [2.45, 2.75) is 38.8 Å². The highest BCUT2D eigenvalue weighted by Gasteiger charge is 2.24. The van der Waals surface area contributed by atoms with Gasteiger partial charge < -0.3 is 10.4 Å². The normalized spacial score (nSPS) is 26.0. The summed E-state index contributed by atoms with van der Waals surface area (Å²) >= 11 is 0. The molecule has 0 spiro atoms. The molecule has 0 radical (unpaired) electrons. The Morgan fingerprint density at radius 1 is 1.47 bits per heavy atom. The Morgan fingerprint density at radius 3 is 2.93 bits per heavy atom. The van der Waals surface area contributed by atoms with Gasteiger partial charge in [-0.1, -0.05) is 16.7 Å². The van der Waals surface area contributed by atoms with Crippen molar-refractivity contribution in [2.75, 3.05) is 6.54 Å². The molecule has 2 atom stereocenters. The maximum absolute atomic E-state index is 9.61. The molecule has 5 heteroatoms. The summed E-state index contributed by atoms with van der Waals surface area (Å²) in [6, 6.07) is 0. The summed E-state index contributed by atoms with van der Waals surface area (Å²) in [7, 11) is 0. The van der Waals surface area contributed by atoms with Crippen LogP contribution in [0, 0.1) is 12.8 Å². The van der Waals surface area contributed by atoms with Gasteiger partial charge in [-0.3, -0.25) is 0 Å². The first-order valence-electron chi connectivity index (χ1n) is 5.44. The minimum absolute atomic E-state index is 0.131. The fourth-order valence-electron chi connectivity index (χ4n) is 2.04. The van der Waals surface area contributed by atoms with E-state index in [-0.39, 0.29) is 6.10 Å². The summed E-state index contributed by atoms with van der Waals surface area (Å²) in [6.07, 6.45) is 3.06. The molecule has 5 nitrogen and oxygen atoms in total. The molecule has 2 rings (SSSR count). The average Bonchev–Trinajstić information content (AvgIpc) is 2.78. The summed E-state index contributed by atoms with van der Waals surface area (Å²) in [4.78, 5) is 0. The molecule has 2 N–H and O–H groups in total. The molecule has 2 unspecified atom stereocenters. The van der Waals surface area contributed by atoms with Crippen LogP contribution in [0.3, 0.4) is 0 Å². The first kappa shape index (κ1) is 10.6. The SMILES string of the molecule is Cc1nonc1CNCC1CCCC1O. The number of aryl methyl sites for hydroxylation is 1. The van der Waals surface area contributed by atoms with E-state index in [0.29, 0.717) is 12.5 Å². The zero-order valence-corrected chi connectivity index (χ0v) is 8.94. The van der Waals surface area contributed by atoms with Crippen LogP contribution in [0.5, 0.6) is 0 Å². The molecule has 0 aliphatic heterocycles. The number of nitrogens with zero attached hydrogens (tertiary/aromatic N) is 2. The fraction of sp³-hybridized carbons (Fsp3) is 0.800. The zero-order valence-electron chi connectivity index (χ0n) is 8.94. The number of hydrogen-bond acceptors (Lipinski definition) is 5. The molecule has 1 aromatic heterocycles. The monoisotopic (exact) mass is 211 g/mol. The minimum atomic E-state index is -0.131. The van der Waals surface area contributed by atoms with Crippen molar-refractivity contribution in [1.82, 2.24) is 15.6 Å². The highest BCUT2D eigenvalue weighted by molar-refractivity contribution is 5.03. The van der Waals surface area contributed by atoms with Crippen LogP contribution < -0.4 is 5.32 Å². The van der Waals surface area contributed by atoms with E-state index in [0.717, 1.165) is 37.2 Å². The minimum Gasteiger partial charge on any atom is -0.393 e. The van der Waals surface area contributed by atoms with Gasteiger partial charge in [-0.25, -0.2) is 4.63 Å². The lowest BCUT2D eigenvalue weighted by Gasteiger charge is -2.14. The quantitative estimate of drug-likeness (QED) is 0.764. The lowest BCUT2D eigenvalue weighted by Crippen LogP contribution is -2.27. The third kappa shape index (κ3) is 2.54. The maximum Gasteiger partial charge on any atom is 0.121 e. The Morgan fingerprint density at radius 2 is 2.33 bits per heavy atom. The van der Waals surface area contributed by atoms with Gasteiger partial charge in [-0.2, -0.15) is 0 Å². The van der Waals surface area contributed by atoms with Crippen LogP contribution in [0.1, 0.15) is 30.7 Å². The Balaban J connectivity index is 1.73. The van der Waals surface area contributed by atoms with E-state index in [2.05, 4.69) is 20.3 Å². The number of aliphatic hydroxyl groups excluding tert-OH is 1. The van der Waals surface area contributed by atoms with Gasteiger partial charge in [-0.05, 0) is 25.7 Å². The van der Waals surface area contributed by atoms with Crippen molar-refractivity contribution >= 4 is 0 Å². The van der Waals surface area contributed by atoms with Crippen LogP contribution in [0.25, 0.3) is 0 Å². The van der Waals surface area contributed by atoms with E-state index < -0.39 is 0 Å². The molecule has 0 bridgehead atoms. The van der Waals surface area contributed by atoms with E-state index in [4.69, 9.17) is 0 Å². The molecule has 0 amide bonds. The van der Waals surface area contributed by atoms with E-state index in [1.165, 1.54) is 0 Å². The highest BCUT2D eigenvalue weighted by Crippen LogP contribution is 2.24. The van der Waals surface area contributed by atoms with Crippen molar-refractivity contribution in [1.29, 1.82) is 0 Å². The zero-order chi connectivity index (χ0) is 10.7. The van der Waals surface area contributed by atoms with Crippen LogP contribution in [-0.2, 0) is 6.54 Å². The molecule has 1 aliphatic carbocycles. The second kappa shape index (κ2) is 4.72. The third-order valence-corrected chi connectivity index (χ3v) is 3.06. The second-order valence-electron chi connectivity index (χ2n) is 4.19. The topological polar surface area (TPSA) is 71.2 Å². The van der Waals surface area contributed by atoms with Gasteiger partial charge in [0.1, 0.15) is 11.4 Å². The van der Waals surface area contributed by atoms with Crippen LogP contribution in [-0.4, -0.2) is 28.1 Å². The molecule has 1 aliphatic rings. The Labute approximate surface area is 88.8 Å². The molecule has 0 saturated heterocycles. The fourth-order valence-corrected chi connectivity index (χ4v) is 2.04. The van der Waals surface area contributed by atoms with Gasteiger partial charge in [0.25, 0.3) is 0 Å². The molecule has 84 valence electrons. The predicted octanol–water partition coefficient (Wildman–Crippen LogP) is 0.629. The largest absolute Gasteiger partial charge is 0.393 e. The van der Waals surface area contributed by atoms with E-state index in [9.17, 15) is 5.11 Å². The van der Waals surface area contributed by atoms with Crippen molar-refractivity contribution in [3.63, 3.8) is 0 Å². The van der Waals surface area contributed by atoms with E-state index in [1.807, 2.05) is 6.92 Å². The Kier molecular flexibility index (Phi) is 3.33. The highest BCUT2D eigenvalue weighted by atomic mass is 16.6. The molecule has 15 heavy (non-hydrogen) atoms.